The van der Waals surface area contributed by atoms with Gasteiger partial charge in [-0.25, -0.2) is 0 Å². The fraction of sp³-hybridized carbons (Fsp3) is 0. The van der Waals surface area contributed by atoms with Crippen LogP contribution < -0.4 is 0 Å². The molecule has 0 saturated carbocycles. The summed E-state index contributed by atoms with van der Waals surface area (Å²) in [4.78, 5) is 19.7. The molecule has 3 nitrogen and oxygen atoms in total. The molecule has 0 aliphatic rings. The largest absolute Gasteiger partial charge is 2.00 e. The monoisotopic (exact) mass is 305 g/mol. The molecule has 2 aromatic rings. The van der Waals surface area contributed by atoms with Crippen molar-refractivity contribution in [1.29, 1.82) is 0 Å². The smallest absolute Gasteiger partial charge is 0.358 e. The van der Waals surface area contributed by atoms with E-state index in [0.29, 0.717) is 11.4 Å². The maximum atomic E-state index is 11.7. The van der Waals surface area contributed by atoms with Crippen molar-refractivity contribution >= 4 is 5.78 Å². The van der Waals surface area contributed by atoms with Crippen molar-refractivity contribution in [2.45, 2.75) is 0 Å². The van der Waals surface area contributed by atoms with Gasteiger partial charge in [-0.3, -0.25) is 14.8 Å². The van der Waals surface area contributed by atoms with E-state index < -0.39 is 0 Å². The minimum atomic E-state index is -0.147. The number of carbonyl (C=O) groups excluding carboxylic acids is 1. The van der Waals surface area contributed by atoms with E-state index in [4.69, 9.17) is 0 Å². The van der Waals surface area contributed by atoms with Crippen LogP contribution in [0.2, 0.25) is 0 Å². The number of ketones is 1. The Kier molecular flexibility index (Phi) is 6.40. The van der Waals surface area contributed by atoms with Crippen LogP contribution in [0.15, 0.2) is 48.8 Å². The number of pyridine rings is 2. The summed E-state index contributed by atoms with van der Waals surface area (Å²) in [7, 11) is 0. The zero-order valence-electron chi connectivity index (χ0n) is 8.74. The average Bonchev–Trinajstić information content (AvgIpc) is 2.30. The number of nitrogens with zero attached hydrogens (tertiary/aromatic N) is 2. The molecule has 2 aromatic heterocycles. The number of rotatable bonds is 2. The van der Waals surface area contributed by atoms with Crippen LogP contribution in [0.4, 0.5) is 0 Å². The van der Waals surface area contributed by atoms with Crippen LogP contribution in [-0.4, -0.2) is 15.8 Å². The molecule has 0 spiro atoms. The molecule has 0 radical (unpaired) electrons. The fourth-order valence-electron chi connectivity index (χ4n) is 1.13. The molecule has 2 rings (SSSR count). The summed E-state index contributed by atoms with van der Waals surface area (Å²) >= 11 is 0. The van der Waals surface area contributed by atoms with Gasteiger partial charge in [0.2, 0.25) is 5.78 Å². The molecule has 0 unspecified atom stereocenters. The number of hydrogen-bond acceptors (Lipinski definition) is 3. The van der Waals surface area contributed by atoms with Crippen molar-refractivity contribution in [2.75, 3.05) is 0 Å². The summed E-state index contributed by atoms with van der Waals surface area (Å²) in [6, 6.07) is 10.5. The molecule has 2 heterocycles. The predicted molar refractivity (Wildman–Crippen MR) is 58.3 cm³/mol. The first-order valence-electron chi connectivity index (χ1n) is 4.25. The standard InChI is InChI=1S/C11H8N2O.CH3.Pd/c14-11(9-5-1-3-7-12-9)10-6-2-4-8-13-10;;/h1-8H;1H3;/q;-1;+2. The second-order valence-electron chi connectivity index (χ2n) is 2.76. The molecule has 16 heavy (non-hydrogen) atoms. The van der Waals surface area contributed by atoms with Crippen LogP contribution in [0.1, 0.15) is 16.2 Å². The molecule has 0 aromatic carbocycles. The van der Waals surface area contributed by atoms with Gasteiger partial charge in [-0.1, -0.05) is 12.1 Å². The molecule has 0 saturated heterocycles. The Morgan fingerprint density at radius 3 is 1.62 bits per heavy atom. The van der Waals surface area contributed by atoms with Gasteiger partial charge >= 0.3 is 20.4 Å². The van der Waals surface area contributed by atoms with Gasteiger partial charge in [0, 0.05) is 12.4 Å². The van der Waals surface area contributed by atoms with Crippen LogP contribution in [0.25, 0.3) is 0 Å². The molecule has 0 N–H and O–H groups in total. The first kappa shape index (κ1) is 14.6. The fourth-order valence-corrected chi connectivity index (χ4v) is 1.13. The third-order valence-electron chi connectivity index (χ3n) is 1.80. The Morgan fingerprint density at radius 1 is 0.875 bits per heavy atom. The van der Waals surface area contributed by atoms with Crippen molar-refractivity contribution in [1.82, 2.24) is 9.97 Å². The number of hydrogen-bond donors (Lipinski definition) is 0. The van der Waals surface area contributed by atoms with E-state index in [-0.39, 0.29) is 33.6 Å². The normalized spacial score (nSPS) is 8.50. The van der Waals surface area contributed by atoms with Gasteiger partial charge in [-0.2, -0.15) is 0 Å². The molecule has 0 bridgehead atoms. The van der Waals surface area contributed by atoms with Crippen molar-refractivity contribution in [3.63, 3.8) is 0 Å². The Morgan fingerprint density at radius 2 is 1.31 bits per heavy atom. The van der Waals surface area contributed by atoms with Gasteiger partial charge in [0.25, 0.3) is 0 Å². The van der Waals surface area contributed by atoms with E-state index in [1.165, 1.54) is 0 Å². The molecule has 0 aliphatic carbocycles. The molecule has 0 aliphatic heterocycles. The Hall–Kier alpha value is -1.37. The second-order valence-corrected chi connectivity index (χ2v) is 2.76. The zero-order chi connectivity index (χ0) is 9.80. The van der Waals surface area contributed by atoms with Crippen LogP contribution in [0.3, 0.4) is 0 Å². The minimum absolute atomic E-state index is 0. The van der Waals surface area contributed by atoms with E-state index in [1.54, 1.807) is 48.8 Å². The SMILES string of the molecule is O=C(c1ccccn1)c1ccccn1.[CH3-].[Pd+2]. The van der Waals surface area contributed by atoms with Gasteiger partial charge in [0.05, 0.1) is 0 Å². The van der Waals surface area contributed by atoms with Gasteiger partial charge in [-0.05, 0) is 24.3 Å². The Labute approximate surface area is 109 Å². The molecular formula is C12H11N2OPd+. The molecule has 84 valence electrons. The predicted octanol–water partition coefficient (Wildman–Crippen LogP) is 2.16. The van der Waals surface area contributed by atoms with Gasteiger partial charge in [0.1, 0.15) is 11.4 Å². The average molecular weight is 306 g/mol. The van der Waals surface area contributed by atoms with E-state index in [0.717, 1.165) is 0 Å². The van der Waals surface area contributed by atoms with E-state index in [2.05, 4.69) is 9.97 Å². The van der Waals surface area contributed by atoms with E-state index in [9.17, 15) is 4.79 Å². The van der Waals surface area contributed by atoms with E-state index in [1.807, 2.05) is 0 Å². The van der Waals surface area contributed by atoms with Crippen LogP contribution in [-0.2, 0) is 20.4 Å². The quantitative estimate of drug-likeness (QED) is 0.485. The number of aromatic nitrogens is 2. The second kappa shape index (κ2) is 7.00. The molecule has 0 fully saturated rings. The summed E-state index contributed by atoms with van der Waals surface area (Å²) in [6.07, 6.45) is 3.19. The van der Waals surface area contributed by atoms with Gasteiger partial charge in [0.15, 0.2) is 0 Å². The Balaban J connectivity index is 0.00000112. The summed E-state index contributed by atoms with van der Waals surface area (Å²) in [6.45, 7) is 0. The summed E-state index contributed by atoms with van der Waals surface area (Å²) < 4.78 is 0. The van der Waals surface area contributed by atoms with Gasteiger partial charge < -0.3 is 7.43 Å². The minimum Gasteiger partial charge on any atom is -0.358 e. The van der Waals surface area contributed by atoms with Crippen molar-refractivity contribution in [3.8, 4) is 0 Å². The third-order valence-corrected chi connectivity index (χ3v) is 1.80. The van der Waals surface area contributed by atoms with Crippen molar-refractivity contribution < 1.29 is 25.2 Å². The summed E-state index contributed by atoms with van der Waals surface area (Å²) in [5.41, 5.74) is 0.845. The van der Waals surface area contributed by atoms with Crippen LogP contribution >= 0.6 is 0 Å². The molecule has 4 heteroatoms. The van der Waals surface area contributed by atoms with Crippen molar-refractivity contribution in [3.05, 3.63) is 67.6 Å². The first-order chi connectivity index (χ1) is 6.88. The molecule has 0 amide bonds. The maximum Gasteiger partial charge on any atom is 2.00 e. The number of carbonyl (C=O) groups is 1. The van der Waals surface area contributed by atoms with Crippen LogP contribution in [0, 0.1) is 7.43 Å². The molecule has 0 atom stereocenters. The Bertz CT molecular complexity index is 390. The zero-order valence-corrected chi connectivity index (χ0v) is 10.3. The van der Waals surface area contributed by atoms with Gasteiger partial charge in [-0.15, -0.1) is 0 Å². The first-order valence-corrected chi connectivity index (χ1v) is 4.25. The maximum absolute atomic E-state index is 11.7. The third kappa shape index (κ3) is 3.34. The van der Waals surface area contributed by atoms with Crippen LogP contribution in [0.5, 0.6) is 0 Å². The van der Waals surface area contributed by atoms with Crippen molar-refractivity contribution in [2.24, 2.45) is 0 Å². The summed E-state index contributed by atoms with van der Waals surface area (Å²) in [5, 5.41) is 0. The van der Waals surface area contributed by atoms with E-state index >= 15 is 0 Å². The topological polar surface area (TPSA) is 42.9 Å². The molecular weight excluding hydrogens is 295 g/mol. The summed E-state index contributed by atoms with van der Waals surface area (Å²) in [5.74, 6) is -0.147.